The van der Waals surface area contributed by atoms with Crippen LogP contribution >= 0.6 is 11.3 Å². The maximum atomic E-state index is 9.62. The summed E-state index contributed by atoms with van der Waals surface area (Å²) in [6, 6.07) is 8.83. The molecule has 1 unspecified atom stereocenters. The molecule has 2 heterocycles. The minimum absolute atomic E-state index is 0.143. The molecular formula is C17H23NO2S. The van der Waals surface area contributed by atoms with Crippen molar-refractivity contribution < 1.29 is 9.84 Å². The first-order valence-electron chi connectivity index (χ1n) is 7.75. The number of hydrogen-bond donors (Lipinski definition) is 1. The van der Waals surface area contributed by atoms with Gasteiger partial charge in [0.2, 0.25) is 0 Å². The van der Waals surface area contributed by atoms with Crippen LogP contribution in [0, 0.1) is 0 Å². The number of rotatable bonds is 6. The van der Waals surface area contributed by atoms with Crippen molar-refractivity contribution in [1.82, 2.24) is 4.90 Å². The summed E-state index contributed by atoms with van der Waals surface area (Å²) in [4.78, 5) is 2.30. The van der Waals surface area contributed by atoms with Gasteiger partial charge in [-0.2, -0.15) is 0 Å². The van der Waals surface area contributed by atoms with E-state index >= 15 is 0 Å². The number of thiophene rings is 1. The molecule has 0 saturated carbocycles. The highest BCUT2D eigenvalue weighted by Crippen LogP contribution is 2.21. The van der Waals surface area contributed by atoms with Crippen LogP contribution in [0.1, 0.15) is 18.4 Å². The van der Waals surface area contributed by atoms with E-state index in [4.69, 9.17) is 4.74 Å². The molecule has 21 heavy (non-hydrogen) atoms. The van der Waals surface area contributed by atoms with Crippen LogP contribution < -0.4 is 0 Å². The van der Waals surface area contributed by atoms with Crippen LogP contribution in [0.25, 0.3) is 10.1 Å². The van der Waals surface area contributed by atoms with Gasteiger partial charge in [-0.15, -0.1) is 11.3 Å². The molecule has 1 saturated heterocycles. The third-order valence-corrected chi connectivity index (χ3v) is 4.98. The maximum Gasteiger partial charge on any atom is 0.0667 e. The molecule has 0 radical (unpaired) electrons. The zero-order chi connectivity index (χ0) is 14.5. The summed E-state index contributed by atoms with van der Waals surface area (Å²) < 4.78 is 7.10. The number of β-amino-alcohol motifs (C(OH)–C–C–N with tert-alkyl or cyclic N) is 1. The number of aliphatic hydroxyl groups excluding tert-OH is 1. The zero-order valence-electron chi connectivity index (χ0n) is 12.3. The molecule has 1 aromatic heterocycles. The average molecular weight is 305 g/mol. The normalized spacial score (nSPS) is 20.1. The minimum atomic E-state index is -0.143. The fourth-order valence-corrected chi connectivity index (χ4v) is 3.66. The molecule has 3 rings (SSSR count). The highest BCUT2D eigenvalue weighted by Gasteiger charge is 2.16. The van der Waals surface area contributed by atoms with Crippen LogP contribution in [0.4, 0.5) is 0 Å². The number of fused-ring (bicyclic) bond motifs is 1. The molecule has 4 heteroatoms. The van der Waals surface area contributed by atoms with Crippen molar-refractivity contribution in [3.63, 3.8) is 0 Å². The number of ether oxygens (including phenoxy) is 1. The number of piperidine rings is 1. The highest BCUT2D eigenvalue weighted by atomic mass is 32.1. The van der Waals surface area contributed by atoms with Gasteiger partial charge in [-0.1, -0.05) is 12.1 Å². The van der Waals surface area contributed by atoms with Crippen LogP contribution in [0.5, 0.6) is 0 Å². The van der Waals surface area contributed by atoms with Crippen molar-refractivity contribution in [3.8, 4) is 0 Å². The summed E-state index contributed by atoms with van der Waals surface area (Å²) in [5, 5.41) is 13.1. The van der Waals surface area contributed by atoms with E-state index in [2.05, 4.69) is 34.5 Å². The smallest absolute Gasteiger partial charge is 0.0667 e. The van der Waals surface area contributed by atoms with Gasteiger partial charge in [0, 0.05) is 17.8 Å². The molecule has 0 bridgehead atoms. The molecule has 0 aliphatic carbocycles. The molecule has 1 fully saturated rings. The molecule has 2 aromatic rings. The van der Waals surface area contributed by atoms with Crippen molar-refractivity contribution in [2.45, 2.75) is 25.4 Å². The van der Waals surface area contributed by atoms with Gasteiger partial charge < -0.3 is 9.84 Å². The molecule has 1 atom stereocenters. The Labute approximate surface area is 130 Å². The lowest BCUT2D eigenvalue weighted by molar-refractivity contribution is 0.0456. The number of nitrogens with zero attached hydrogens (tertiary/aromatic N) is 1. The van der Waals surface area contributed by atoms with Crippen LogP contribution in [0.15, 0.2) is 29.6 Å². The molecular weight excluding hydrogens is 282 g/mol. The Hall–Kier alpha value is -0.940. The van der Waals surface area contributed by atoms with E-state index in [9.17, 15) is 5.11 Å². The number of hydrogen-bond acceptors (Lipinski definition) is 4. The Morgan fingerprint density at radius 3 is 3.14 bits per heavy atom. The van der Waals surface area contributed by atoms with Crippen molar-refractivity contribution in [3.05, 3.63) is 35.2 Å². The van der Waals surface area contributed by atoms with Crippen molar-refractivity contribution in [2.75, 3.05) is 32.8 Å². The van der Waals surface area contributed by atoms with Gasteiger partial charge >= 0.3 is 0 Å². The summed E-state index contributed by atoms with van der Waals surface area (Å²) in [6.45, 7) is 4.35. The molecule has 114 valence electrons. The van der Waals surface area contributed by atoms with Crippen LogP contribution in [0.2, 0.25) is 0 Å². The highest BCUT2D eigenvalue weighted by molar-refractivity contribution is 7.17. The molecule has 1 aliphatic heterocycles. The van der Waals surface area contributed by atoms with Gasteiger partial charge in [-0.05, 0) is 54.3 Å². The predicted octanol–water partition coefficient (Wildman–Crippen LogP) is 2.92. The van der Waals surface area contributed by atoms with E-state index in [-0.39, 0.29) is 6.10 Å². The minimum Gasteiger partial charge on any atom is -0.392 e. The van der Waals surface area contributed by atoms with E-state index in [0.29, 0.717) is 0 Å². The van der Waals surface area contributed by atoms with E-state index < -0.39 is 0 Å². The number of likely N-dealkylation sites (tertiary alicyclic amines) is 1. The predicted molar refractivity (Wildman–Crippen MR) is 88.0 cm³/mol. The lowest BCUT2D eigenvalue weighted by atomic mass is 10.1. The van der Waals surface area contributed by atoms with Crippen LogP contribution in [0.3, 0.4) is 0 Å². The third-order valence-electron chi connectivity index (χ3n) is 4.08. The fraction of sp³-hybridized carbons (Fsp3) is 0.529. The second-order valence-corrected chi connectivity index (χ2v) is 6.70. The SMILES string of the molecule is OC1CCCN(CCOCCc2ccc3sccc3c2)C1. The Morgan fingerprint density at radius 1 is 1.29 bits per heavy atom. The maximum absolute atomic E-state index is 9.62. The second-order valence-electron chi connectivity index (χ2n) is 5.75. The lowest BCUT2D eigenvalue weighted by Gasteiger charge is -2.29. The first-order valence-corrected chi connectivity index (χ1v) is 8.63. The van der Waals surface area contributed by atoms with E-state index in [1.807, 2.05) is 0 Å². The summed E-state index contributed by atoms with van der Waals surface area (Å²) in [7, 11) is 0. The Morgan fingerprint density at radius 2 is 2.24 bits per heavy atom. The zero-order valence-corrected chi connectivity index (χ0v) is 13.1. The molecule has 0 spiro atoms. The Balaban J connectivity index is 1.36. The van der Waals surface area contributed by atoms with Crippen molar-refractivity contribution >= 4 is 21.4 Å². The molecule has 1 aliphatic rings. The van der Waals surface area contributed by atoms with E-state index in [1.165, 1.54) is 15.6 Å². The van der Waals surface area contributed by atoms with Gasteiger partial charge in [0.1, 0.15) is 0 Å². The van der Waals surface area contributed by atoms with Crippen LogP contribution in [-0.4, -0.2) is 49.0 Å². The Kier molecular flexibility index (Phi) is 5.25. The van der Waals surface area contributed by atoms with Crippen molar-refractivity contribution in [1.29, 1.82) is 0 Å². The first kappa shape index (κ1) is 15.0. The summed E-state index contributed by atoms with van der Waals surface area (Å²) in [5.41, 5.74) is 1.34. The monoisotopic (exact) mass is 305 g/mol. The first-order chi connectivity index (χ1) is 10.3. The summed E-state index contributed by atoms with van der Waals surface area (Å²) in [6.07, 6.45) is 2.87. The largest absolute Gasteiger partial charge is 0.392 e. The fourth-order valence-electron chi connectivity index (χ4n) is 2.89. The lowest BCUT2D eigenvalue weighted by Crippen LogP contribution is -2.40. The van der Waals surface area contributed by atoms with Crippen molar-refractivity contribution in [2.24, 2.45) is 0 Å². The molecule has 1 N–H and O–H groups in total. The van der Waals surface area contributed by atoms with Crippen LogP contribution in [-0.2, 0) is 11.2 Å². The standard InChI is InChI=1S/C17H23NO2S/c19-16-2-1-7-18(13-16)8-10-20-9-5-14-3-4-17-15(12-14)6-11-21-17/h3-4,6,11-12,16,19H,1-2,5,7-10,13H2. The summed E-state index contributed by atoms with van der Waals surface area (Å²) >= 11 is 1.79. The quantitative estimate of drug-likeness (QED) is 0.833. The average Bonchev–Trinajstić information content (AvgIpc) is 2.94. The Bertz CT molecular complexity index is 569. The molecule has 0 amide bonds. The summed E-state index contributed by atoms with van der Waals surface area (Å²) in [5.74, 6) is 0. The number of benzene rings is 1. The second kappa shape index (κ2) is 7.36. The topological polar surface area (TPSA) is 32.7 Å². The van der Waals surface area contributed by atoms with Gasteiger partial charge in [-0.25, -0.2) is 0 Å². The molecule has 3 nitrogen and oxygen atoms in total. The van der Waals surface area contributed by atoms with Gasteiger partial charge in [0.25, 0.3) is 0 Å². The van der Waals surface area contributed by atoms with E-state index in [1.54, 1.807) is 11.3 Å². The third kappa shape index (κ3) is 4.27. The molecule has 1 aromatic carbocycles. The van der Waals surface area contributed by atoms with E-state index in [0.717, 1.165) is 52.1 Å². The van der Waals surface area contributed by atoms with Gasteiger partial charge in [-0.3, -0.25) is 4.90 Å². The van der Waals surface area contributed by atoms with Gasteiger partial charge in [0.05, 0.1) is 19.3 Å². The number of aliphatic hydroxyl groups is 1. The van der Waals surface area contributed by atoms with Gasteiger partial charge in [0.15, 0.2) is 0 Å².